The minimum absolute atomic E-state index is 0.0143. The van der Waals surface area contributed by atoms with E-state index in [4.69, 9.17) is 31.2 Å². The van der Waals surface area contributed by atoms with Crippen LogP contribution < -0.4 is 11.5 Å². The van der Waals surface area contributed by atoms with Crippen LogP contribution >= 0.6 is 0 Å². The van der Waals surface area contributed by atoms with Crippen molar-refractivity contribution in [3.05, 3.63) is 0 Å². The summed E-state index contributed by atoms with van der Waals surface area (Å²) in [6.45, 7) is 13.2. The summed E-state index contributed by atoms with van der Waals surface area (Å²) in [6.07, 6.45) is 0.783. The lowest BCUT2D eigenvalue weighted by Crippen LogP contribution is -2.51. The van der Waals surface area contributed by atoms with E-state index in [1.165, 1.54) is 0 Å². The fraction of sp³-hybridized carbons (Fsp3) is 0.909. The third-order valence-electron chi connectivity index (χ3n) is 5.36. The second kappa shape index (κ2) is 12.0. The molecule has 0 aromatic rings. The molecule has 2 aliphatic rings. The fourth-order valence-corrected chi connectivity index (χ4v) is 3.47. The molecule has 0 aromatic heterocycles. The van der Waals surface area contributed by atoms with Crippen LogP contribution in [0.5, 0.6) is 0 Å². The smallest absolute Gasteiger partial charge is 0.410 e. The fourth-order valence-electron chi connectivity index (χ4n) is 3.47. The van der Waals surface area contributed by atoms with Crippen molar-refractivity contribution in [3.8, 4) is 0 Å². The van der Waals surface area contributed by atoms with Crippen LogP contribution in [-0.2, 0) is 9.47 Å². The molecular formula is C22H44N4O6. The molecule has 188 valence electrons. The van der Waals surface area contributed by atoms with E-state index < -0.39 is 11.2 Å². The zero-order chi connectivity index (χ0) is 24.7. The van der Waals surface area contributed by atoms with Crippen molar-refractivity contribution in [2.45, 2.75) is 77.7 Å². The van der Waals surface area contributed by atoms with Crippen LogP contribution in [0.1, 0.15) is 54.4 Å². The van der Waals surface area contributed by atoms with Crippen molar-refractivity contribution in [2.75, 3.05) is 39.4 Å². The van der Waals surface area contributed by atoms with Gasteiger partial charge in [0.1, 0.15) is 11.2 Å². The lowest BCUT2D eigenvalue weighted by atomic mass is 9.94. The van der Waals surface area contributed by atoms with Crippen LogP contribution in [-0.4, -0.2) is 94.9 Å². The first kappa shape index (κ1) is 28.4. The topological polar surface area (TPSA) is 152 Å². The number of likely N-dealkylation sites (tertiary alicyclic amines) is 2. The summed E-state index contributed by atoms with van der Waals surface area (Å²) in [5.41, 5.74) is 10.7. The van der Waals surface area contributed by atoms with E-state index in [9.17, 15) is 9.59 Å². The Morgan fingerprint density at radius 2 is 1.09 bits per heavy atom. The Morgan fingerprint density at radius 1 is 0.781 bits per heavy atom. The molecule has 2 amide bonds. The van der Waals surface area contributed by atoms with Crippen LogP contribution in [0.2, 0.25) is 0 Å². The van der Waals surface area contributed by atoms with Gasteiger partial charge in [0.25, 0.3) is 0 Å². The summed E-state index contributed by atoms with van der Waals surface area (Å²) in [6, 6.07) is -0.0487. The summed E-state index contributed by atoms with van der Waals surface area (Å²) < 4.78 is 10.5. The molecule has 6 N–H and O–H groups in total. The Hall–Kier alpha value is -1.62. The predicted molar refractivity (Wildman–Crippen MR) is 122 cm³/mol. The molecular weight excluding hydrogens is 416 g/mol. The molecule has 32 heavy (non-hydrogen) atoms. The molecule has 0 saturated carbocycles. The van der Waals surface area contributed by atoms with Gasteiger partial charge >= 0.3 is 12.2 Å². The summed E-state index contributed by atoms with van der Waals surface area (Å²) in [5.74, 6) is -0.0810. The van der Waals surface area contributed by atoms with E-state index >= 15 is 0 Å². The highest BCUT2D eigenvalue weighted by Gasteiger charge is 2.32. The minimum Gasteiger partial charge on any atom is -0.444 e. The number of carbonyl (C=O) groups is 2. The lowest BCUT2D eigenvalue weighted by Gasteiger charge is -2.36. The minimum atomic E-state index is -0.481. The number of amides is 2. The number of piperidine rings is 2. The van der Waals surface area contributed by atoms with Crippen LogP contribution in [0.15, 0.2) is 0 Å². The van der Waals surface area contributed by atoms with Gasteiger partial charge in [-0.15, -0.1) is 0 Å². The first-order valence-electron chi connectivity index (χ1n) is 11.4. The van der Waals surface area contributed by atoms with Gasteiger partial charge in [0.05, 0.1) is 0 Å². The van der Waals surface area contributed by atoms with Crippen LogP contribution in [0.25, 0.3) is 0 Å². The molecule has 4 atom stereocenters. The zero-order valence-electron chi connectivity index (χ0n) is 20.5. The van der Waals surface area contributed by atoms with Gasteiger partial charge in [0, 0.05) is 63.3 Å². The van der Waals surface area contributed by atoms with Crippen molar-refractivity contribution in [1.82, 2.24) is 9.80 Å². The van der Waals surface area contributed by atoms with Gasteiger partial charge < -0.3 is 41.0 Å². The van der Waals surface area contributed by atoms with Gasteiger partial charge in [-0.1, -0.05) is 0 Å². The SMILES string of the molecule is CC(C)(C)OC(=O)N1CC[C@@H](N)[C@@H](CO)C1.CC(C)(C)OC(=O)N1CC[C@H](N)[C@H](CO)C1. The number of hydrogen-bond donors (Lipinski definition) is 4. The first-order valence-corrected chi connectivity index (χ1v) is 11.4. The van der Waals surface area contributed by atoms with Gasteiger partial charge in [0.2, 0.25) is 0 Å². The summed E-state index contributed by atoms with van der Waals surface area (Å²) in [4.78, 5) is 26.8. The van der Waals surface area contributed by atoms with Crippen LogP contribution in [0, 0.1) is 11.8 Å². The largest absolute Gasteiger partial charge is 0.444 e. The Bertz CT molecular complexity index is 552. The van der Waals surface area contributed by atoms with Crippen molar-refractivity contribution in [2.24, 2.45) is 23.3 Å². The Balaban J connectivity index is 0.000000320. The summed E-state index contributed by atoms with van der Waals surface area (Å²) in [7, 11) is 0. The molecule has 0 spiro atoms. The number of carbonyl (C=O) groups excluding carboxylic acids is 2. The second-order valence-corrected chi connectivity index (χ2v) is 10.6. The van der Waals surface area contributed by atoms with E-state index in [1.807, 2.05) is 41.5 Å². The molecule has 0 radical (unpaired) electrons. The van der Waals surface area contributed by atoms with Crippen molar-refractivity contribution < 1.29 is 29.3 Å². The Morgan fingerprint density at radius 3 is 1.34 bits per heavy atom. The molecule has 0 unspecified atom stereocenters. The van der Waals surface area contributed by atoms with Gasteiger partial charge in [-0.3, -0.25) is 0 Å². The first-order chi connectivity index (χ1) is 14.7. The third kappa shape index (κ3) is 9.89. The molecule has 2 aliphatic heterocycles. The van der Waals surface area contributed by atoms with Crippen molar-refractivity contribution >= 4 is 12.2 Å². The summed E-state index contributed by atoms with van der Waals surface area (Å²) in [5, 5.41) is 18.3. The standard InChI is InChI=1S/2C11H22N2O3/c2*1-11(2,3)16-10(15)13-5-4-9(12)8(6-13)7-14/h2*8-9,14H,4-7,12H2,1-3H3/t2*8-,9-/m10/s1. The van der Waals surface area contributed by atoms with Gasteiger partial charge in [-0.25, -0.2) is 9.59 Å². The van der Waals surface area contributed by atoms with Crippen LogP contribution in [0.3, 0.4) is 0 Å². The third-order valence-corrected chi connectivity index (χ3v) is 5.36. The van der Waals surface area contributed by atoms with Crippen LogP contribution in [0.4, 0.5) is 9.59 Å². The lowest BCUT2D eigenvalue weighted by molar-refractivity contribution is 0.00957. The van der Waals surface area contributed by atoms with Crippen molar-refractivity contribution in [3.63, 3.8) is 0 Å². The highest BCUT2D eigenvalue weighted by Crippen LogP contribution is 2.19. The molecule has 2 fully saturated rings. The number of nitrogens with zero attached hydrogens (tertiary/aromatic N) is 2. The molecule has 0 aliphatic carbocycles. The normalized spacial score (nSPS) is 26.7. The maximum absolute atomic E-state index is 11.8. The second-order valence-electron chi connectivity index (χ2n) is 10.6. The number of nitrogens with two attached hydrogens (primary N) is 2. The molecule has 10 heteroatoms. The number of ether oxygens (including phenoxy) is 2. The number of rotatable bonds is 2. The molecule has 10 nitrogen and oxygen atoms in total. The van der Waals surface area contributed by atoms with E-state index in [1.54, 1.807) is 9.80 Å². The maximum Gasteiger partial charge on any atom is 0.410 e. The molecule has 2 heterocycles. The Labute approximate surface area is 192 Å². The Kier molecular flexibility index (Phi) is 10.7. The molecule has 2 saturated heterocycles. The average molecular weight is 461 g/mol. The van der Waals surface area contributed by atoms with E-state index in [-0.39, 0.29) is 49.3 Å². The molecule has 0 bridgehead atoms. The molecule has 2 rings (SSSR count). The average Bonchev–Trinajstić information content (AvgIpc) is 2.66. The number of aliphatic hydroxyl groups excluding tert-OH is 2. The van der Waals surface area contributed by atoms with E-state index in [2.05, 4.69) is 0 Å². The number of hydrogen-bond acceptors (Lipinski definition) is 8. The quantitative estimate of drug-likeness (QED) is 0.478. The summed E-state index contributed by atoms with van der Waals surface area (Å²) >= 11 is 0. The highest BCUT2D eigenvalue weighted by atomic mass is 16.6. The highest BCUT2D eigenvalue weighted by molar-refractivity contribution is 5.68. The van der Waals surface area contributed by atoms with Gasteiger partial charge in [0.15, 0.2) is 0 Å². The van der Waals surface area contributed by atoms with E-state index in [0.29, 0.717) is 39.0 Å². The van der Waals surface area contributed by atoms with Gasteiger partial charge in [-0.2, -0.15) is 0 Å². The number of aliphatic hydroxyl groups is 2. The molecule has 0 aromatic carbocycles. The maximum atomic E-state index is 11.8. The predicted octanol–water partition coefficient (Wildman–Crippen LogP) is 1.13. The van der Waals surface area contributed by atoms with Gasteiger partial charge in [-0.05, 0) is 54.4 Å². The van der Waals surface area contributed by atoms with E-state index in [0.717, 1.165) is 0 Å². The zero-order valence-corrected chi connectivity index (χ0v) is 20.5. The monoisotopic (exact) mass is 460 g/mol. The van der Waals surface area contributed by atoms with Crippen molar-refractivity contribution in [1.29, 1.82) is 0 Å².